The van der Waals surface area contributed by atoms with E-state index < -0.39 is 7.12 Å². The molecule has 3 aromatic rings. The molecule has 0 amide bonds. The standard InChI is InChI=1S/C32H35BO2S2/c1-22-13-17-26(18-14-22)36-28-11-7-5-9-24-21-25-10-6-8-12-29(37-27-19-15-23(2)16-20-27)31(25)32(30(24)28)33(34-3)35-4/h11-21H,5-10H2,1-4H3. The Kier molecular flexibility index (Phi) is 8.66. The van der Waals surface area contributed by atoms with E-state index in [1.54, 1.807) is 14.2 Å². The van der Waals surface area contributed by atoms with Crippen LogP contribution in [0.1, 0.15) is 59.1 Å². The van der Waals surface area contributed by atoms with Crippen molar-refractivity contribution >= 4 is 45.9 Å². The molecular formula is C32H35BO2S2. The molecule has 5 rings (SSSR count). The second kappa shape index (κ2) is 12.1. The lowest BCUT2D eigenvalue weighted by atomic mass is 9.69. The van der Waals surface area contributed by atoms with Gasteiger partial charge in [0.15, 0.2) is 0 Å². The van der Waals surface area contributed by atoms with Gasteiger partial charge in [-0.05, 0) is 104 Å². The summed E-state index contributed by atoms with van der Waals surface area (Å²) in [6.45, 7) is 4.28. The van der Waals surface area contributed by atoms with Gasteiger partial charge >= 0.3 is 7.12 Å². The molecule has 0 N–H and O–H groups in total. The zero-order chi connectivity index (χ0) is 25.8. The van der Waals surface area contributed by atoms with Crippen LogP contribution in [0.25, 0.3) is 9.81 Å². The summed E-state index contributed by atoms with van der Waals surface area (Å²) >= 11 is 3.74. The molecule has 3 aromatic carbocycles. The van der Waals surface area contributed by atoms with Crippen molar-refractivity contribution in [3.63, 3.8) is 0 Å². The fourth-order valence-corrected chi connectivity index (χ4v) is 7.42. The van der Waals surface area contributed by atoms with Gasteiger partial charge in [0.2, 0.25) is 0 Å². The molecule has 0 aromatic heterocycles. The van der Waals surface area contributed by atoms with E-state index in [0.29, 0.717) is 0 Å². The Morgan fingerprint density at radius 1 is 0.649 bits per heavy atom. The van der Waals surface area contributed by atoms with Gasteiger partial charge in [-0.3, -0.25) is 0 Å². The second-order valence-corrected chi connectivity index (χ2v) is 12.1. The highest BCUT2D eigenvalue weighted by molar-refractivity contribution is 8.08. The number of benzene rings is 3. The van der Waals surface area contributed by atoms with Gasteiger partial charge in [-0.1, -0.05) is 77.1 Å². The summed E-state index contributed by atoms with van der Waals surface area (Å²) in [5.41, 5.74) is 9.24. The topological polar surface area (TPSA) is 18.5 Å². The molecule has 0 radical (unpaired) electrons. The summed E-state index contributed by atoms with van der Waals surface area (Å²) in [6.07, 6.45) is 11.5. The van der Waals surface area contributed by atoms with Crippen LogP contribution in [0, 0.1) is 13.8 Å². The number of hydrogen-bond acceptors (Lipinski definition) is 4. The van der Waals surface area contributed by atoms with Crippen LogP contribution >= 0.6 is 23.5 Å². The Morgan fingerprint density at radius 2 is 1.08 bits per heavy atom. The van der Waals surface area contributed by atoms with E-state index in [2.05, 4.69) is 80.6 Å². The molecule has 190 valence electrons. The Balaban J connectivity index is 1.69. The number of thioether (sulfide) groups is 2. The summed E-state index contributed by atoms with van der Waals surface area (Å²) < 4.78 is 12.1. The molecule has 0 atom stereocenters. The minimum atomic E-state index is -0.427. The van der Waals surface area contributed by atoms with Crippen LogP contribution in [0.4, 0.5) is 0 Å². The first-order valence-corrected chi connectivity index (χ1v) is 14.8. The smallest absolute Gasteiger partial charge is 0.410 e. The molecule has 2 aliphatic rings. The van der Waals surface area contributed by atoms with E-state index in [4.69, 9.17) is 9.31 Å². The normalized spacial score (nSPS) is 15.1. The van der Waals surface area contributed by atoms with Crippen molar-refractivity contribution in [1.29, 1.82) is 0 Å². The highest BCUT2D eigenvalue weighted by Gasteiger charge is 2.33. The maximum Gasteiger partial charge on any atom is 0.494 e. The second-order valence-electron chi connectivity index (χ2n) is 9.91. The lowest BCUT2D eigenvalue weighted by molar-refractivity contribution is 0.291. The van der Waals surface area contributed by atoms with Gasteiger partial charge in [-0.15, -0.1) is 0 Å². The molecule has 0 unspecified atom stereocenters. The van der Waals surface area contributed by atoms with Gasteiger partial charge < -0.3 is 9.31 Å². The van der Waals surface area contributed by atoms with E-state index in [1.807, 2.05) is 23.5 Å². The molecule has 0 fully saturated rings. The van der Waals surface area contributed by atoms with Gasteiger partial charge in [-0.25, -0.2) is 0 Å². The molecule has 5 heteroatoms. The zero-order valence-electron chi connectivity index (χ0n) is 22.3. The van der Waals surface area contributed by atoms with Crippen LogP contribution < -0.4 is 5.46 Å². The van der Waals surface area contributed by atoms with Crippen molar-refractivity contribution in [3.8, 4) is 0 Å². The number of aryl methyl sites for hydroxylation is 4. The predicted molar refractivity (Wildman–Crippen MR) is 162 cm³/mol. The number of allylic oxidation sites excluding steroid dienone is 2. The first kappa shape index (κ1) is 26.4. The van der Waals surface area contributed by atoms with E-state index in [0.717, 1.165) is 38.5 Å². The summed E-state index contributed by atoms with van der Waals surface area (Å²) in [4.78, 5) is 5.16. The highest BCUT2D eigenvalue weighted by atomic mass is 32.2. The van der Waals surface area contributed by atoms with E-state index in [1.165, 1.54) is 58.4 Å². The molecule has 0 saturated carbocycles. The third-order valence-corrected chi connectivity index (χ3v) is 9.34. The van der Waals surface area contributed by atoms with Crippen LogP contribution in [-0.4, -0.2) is 21.3 Å². The van der Waals surface area contributed by atoms with E-state index >= 15 is 0 Å². The van der Waals surface area contributed by atoms with Gasteiger partial charge in [0.05, 0.1) is 0 Å². The molecule has 0 spiro atoms. The van der Waals surface area contributed by atoms with Crippen molar-refractivity contribution in [1.82, 2.24) is 0 Å². The quantitative estimate of drug-likeness (QED) is 0.289. The molecule has 0 aliphatic heterocycles. The Labute approximate surface area is 231 Å². The summed E-state index contributed by atoms with van der Waals surface area (Å²) in [5, 5.41) is 0. The maximum absolute atomic E-state index is 6.03. The lowest BCUT2D eigenvalue weighted by Gasteiger charge is -2.26. The van der Waals surface area contributed by atoms with Crippen molar-refractivity contribution in [2.45, 2.75) is 62.2 Å². The van der Waals surface area contributed by atoms with Crippen molar-refractivity contribution in [2.24, 2.45) is 0 Å². The van der Waals surface area contributed by atoms with E-state index in [9.17, 15) is 0 Å². The van der Waals surface area contributed by atoms with Crippen molar-refractivity contribution in [3.05, 3.63) is 100 Å². The molecule has 37 heavy (non-hydrogen) atoms. The summed E-state index contributed by atoms with van der Waals surface area (Å²) in [7, 11) is 3.10. The first-order chi connectivity index (χ1) is 18.1. The largest absolute Gasteiger partial charge is 0.494 e. The number of hydrogen-bond donors (Lipinski definition) is 0. The number of fused-ring (bicyclic) bond motifs is 2. The van der Waals surface area contributed by atoms with Crippen LogP contribution in [-0.2, 0) is 22.2 Å². The van der Waals surface area contributed by atoms with Crippen LogP contribution in [0.2, 0.25) is 0 Å². The molecular weight excluding hydrogens is 491 g/mol. The van der Waals surface area contributed by atoms with Crippen molar-refractivity contribution in [2.75, 3.05) is 14.2 Å². The van der Waals surface area contributed by atoms with Gasteiger partial charge in [0.25, 0.3) is 0 Å². The molecule has 0 saturated heterocycles. The van der Waals surface area contributed by atoms with Gasteiger partial charge in [0, 0.05) is 33.8 Å². The average molecular weight is 527 g/mol. The fraction of sp³-hybridized carbons (Fsp3) is 0.312. The Hall–Kier alpha value is -2.18. The zero-order valence-corrected chi connectivity index (χ0v) is 23.9. The summed E-state index contributed by atoms with van der Waals surface area (Å²) in [6, 6.07) is 20.2. The monoisotopic (exact) mass is 526 g/mol. The van der Waals surface area contributed by atoms with E-state index in [-0.39, 0.29) is 0 Å². The van der Waals surface area contributed by atoms with Crippen molar-refractivity contribution < 1.29 is 9.31 Å². The maximum atomic E-state index is 6.03. The van der Waals surface area contributed by atoms with Crippen LogP contribution in [0.15, 0.2) is 76.5 Å². The number of rotatable bonds is 7. The molecule has 2 nitrogen and oxygen atoms in total. The molecule has 0 heterocycles. The highest BCUT2D eigenvalue weighted by Crippen LogP contribution is 2.44. The van der Waals surface area contributed by atoms with Gasteiger partial charge in [-0.2, -0.15) is 0 Å². The minimum absolute atomic E-state index is 0.427. The molecule has 0 bridgehead atoms. The SMILES string of the molecule is COB(OC)c1c2c(cc3c1C(Sc1ccc(C)cc1)=CCCC3)CCCC=C2Sc1ccc(C)cc1. The fourth-order valence-electron chi connectivity index (χ4n) is 5.28. The minimum Gasteiger partial charge on any atom is -0.410 e. The third kappa shape index (κ3) is 5.96. The Morgan fingerprint density at radius 3 is 1.49 bits per heavy atom. The average Bonchev–Trinajstić information content (AvgIpc) is 3.23. The molecule has 2 aliphatic carbocycles. The Bertz CT molecular complexity index is 1210. The van der Waals surface area contributed by atoms with Gasteiger partial charge in [0.1, 0.15) is 0 Å². The lowest BCUT2D eigenvalue weighted by Crippen LogP contribution is -2.40. The van der Waals surface area contributed by atoms with Crippen LogP contribution in [0.3, 0.4) is 0 Å². The third-order valence-electron chi connectivity index (χ3n) is 7.14. The van der Waals surface area contributed by atoms with Crippen LogP contribution in [0.5, 0.6) is 0 Å². The summed E-state index contributed by atoms with van der Waals surface area (Å²) in [5.74, 6) is 0. The first-order valence-electron chi connectivity index (χ1n) is 13.2. The predicted octanol–water partition coefficient (Wildman–Crippen LogP) is 8.23.